The van der Waals surface area contributed by atoms with Gasteiger partial charge in [0.05, 0.1) is 5.69 Å². The summed E-state index contributed by atoms with van der Waals surface area (Å²) in [5, 5.41) is 9.01. The van der Waals surface area contributed by atoms with Crippen LogP contribution in [0.5, 0.6) is 0 Å². The Bertz CT molecular complexity index is 860. The highest BCUT2D eigenvalue weighted by atomic mass is 16.5. The third-order valence-corrected chi connectivity index (χ3v) is 4.35. The summed E-state index contributed by atoms with van der Waals surface area (Å²) in [6, 6.07) is 8.94. The predicted octanol–water partition coefficient (Wildman–Crippen LogP) is 1.75. The van der Waals surface area contributed by atoms with Crippen molar-refractivity contribution in [2.75, 3.05) is 6.54 Å². The molecule has 2 aromatic rings. The van der Waals surface area contributed by atoms with Crippen LogP contribution in [-0.4, -0.2) is 40.3 Å². The van der Waals surface area contributed by atoms with E-state index in [4.69, 9.17) is 4.74 Å². The van der Waals surface area contributed by atoms with E-state index in [1.165, 1.54) is 6.92 Å². The molecule has 0 aliphatic heterocycles. The van der Waals surface area contributed by atoms with E-state index in [9.17, 15) is 14.4 Å². The first-order valence-electron chi connectivity index (χ1n) is 8.97. The smallest absolute Gasteiger partial charge is 0.359 e. The second-order valence-electron chi connectivity index (χ2n) is 6.27. The Labute approximate surface area is 156 Å². The van der Waals surface area contributed by atoms with Crippen LogP contribution >= 0.6 is 0 Å². The Kier molecular flexibility index (Phi) is 5.54. The Morgan fingerprint density at radius 1 is 1.22 bits per heavy atom. The number of carbonyl (C=O) groups is 3. The molecule has 0 unspecified atom stereocenters. The number of hydrogen-bond donors (Lipinski definition) is 2. The van der Waals surface area contributed by atoms with E-state index >= 15 is 0 Å². The number of carbonyl (C=O) groups excluding carboxylic acids is 3. The molecule has 8 nitrogen and oxygen atoms in total. The molecule has 1 atom stereocenters. The molecule has 0 fully saturated rings. The third kappa shape index (κ3) is 3.99. The largest absolute Gasteiger partial charge is 0.448 e. The lowest BCUT2D eigenvalue weighted by Crippen LogP contribution is -2.44. The molecule has 1 heterocycles. The maximum absolute atomic E-state index is 12.6. The second-order valence-corrected chi connectivity index (χ2v) is 6.27. The molecule has 3 amide bonds. The molecule has 2 N–H and O–H groups in total. The fourth-order valence-corrected chi connectivity index (χ4v) is 3.07. The van der Waals surface area contributed by atoms with Gasteiger partial charge in [0.25, 0.3) is 5.91 Å². The first kappa shape index (κ1) is 18.6. The fourth-order valence-electron chi connectivity index (χ4n) is 3.07. The van der Waals surface area contributed by atoms with Crippen LogP contribution in [0.4, 0.5) is 4.79 Å². The van der Waals surface area contributed by atoms with Crippen LogP contribution in [0.3, 0.4) is 0 Å². The monoisotopic (exact) mass is 370 g/mol. The van der Waals surface area contributed by atoms with Gasteiger partial charge in [-0.2, -0.15) is 5.10 Å². The average Bonchev–Trinajstić information content (AvgIpc) is 3.24. The number of amides is 3. The zero-order valence-corrected chi connectivity index (χ0v) is 15.3. The van der Waals surface area contributed by atoms with Crippen molar-refractivity contribution in [2.45, 2.75) is 39.2 Å². The van der Waals surface area contributed by atoms with Gasteiger partial charge < -0.3 is 10.1 Å². The van der Waals surface area contributed by atoms with Crippen LogP contribution in [0.1, 0.15) is 42.0 Å². The summed E-state index contributed by atoms with van der Waals surface area (Å²) in [5.74, 6) is -1.35. The molecule has 3 rings (SSSR count). The summed E-state index contributed by atoms with van der Waals surface area (Å²) < 4.78 is 7.01. The Morgan fingerprint density at radius 3 is 2.67 bits per heavy atom. The molecule has 0 spiro atoms. The molecule has 0 radical (unpaired) electrons. The number of ether oxygens (including phenoxy) is 1. The zero-order valence-electron chi connectivity index (χ0n) is 15.3. The Hall–Kier alpha value is -3.16. The van der Waals surface area contributed by atoms with E-state index in [1.807, 2.05) is 30.3 Å². The minimum absolute atomic E-state index is 0.226. The van der Waals surface area contributed by atoms with Crippen LogP contribution in [0.25, 0.3) is 5.69 Å². The standard InChI is InChI=1S/C19H22N4O4/c1-3-20-19(26)21-17(24)12(2)27-18(25)16-14-10-7-11-15(14)23(22-16)13-8-5-4-6-9-13/h4-6,8-9,12H,3,7,10-11H2,1-2H3,(H2,20,21,24,26)/t12-/m0/s1. The van der Waals surface area contributed by atoms with Gasteiger partial charge in [0.1, 0.15) is 0 Å². The average molecular weight is 370 g/mol. The normalized spacial score (nSPS) is 13.6. The molecule has 1 aliphatic carbocycles. The number of imide groups is 1. The van der Waals surface area contributed by atoms with Crippen LogP contribution < -0.4 is 10.6 Å². The molecular formula is C19H22N4O4. The lowest BCUT2D eigenvalue weighted by molar-refractivity contribution is -0.127. The van der Waals surface area contributed by atoms with Crippen molar-refractivity contribution in [2.24, 2.45) is 0 Å². The van der Waals surface area contributed by atoms with E-state index in [-0.39, 0.29) is 5.69 Å². The SMILES string of the molecule is CCNC(=O)NC(=O)[C@H](C)OC(=O)c1nn(-c2ccccc2)c2c1CCC2. The van der Waals surface area contributed by atoms with Crippen LogP contribution in [-0.2, 0) is 22.4 Å². The molecule has 1 aliphatic rings. The molecule has 8 heteroatoms. The molecule has 142 valence electrons. The van der Waals surface area contributed by atoms with E-state index in [2.05, 4.69) is 15.7 Å². The fraction of sp³-hybridized carbons (Fsp3) is 0.368. The van der Waals surface area contributed by atoms with Gasteiger partial charge in [-0.3, -0.25) is 10.1 Å². The molecule has 0 saturated carbocycles. The Balaban J connectivity index is 1.76. The van der Waals surface area contributed by atoms with Crippen LogP contribution in [0.15, 0.2) is 30.3 Å². The van der Waals surface area contributed by atoms with Gasteiger partial charge >= 0.3 is 12.0 Å². The van der Waals surface area contributed by atoms with Crippen molar-refractivity contribution < 1.29 is 19.1 Å². The number of urea groups is 1. The summed E-state index contributed by atoms with van der Waals surface area (Å²) in [6.07, 6.45) is 1.40. The zero-order chi connectivity index (χ0) is 19.4. The minimum atomic E-state index is -1.11. The first-order chi connectivity index (χ1) is 13.0. The number of esters is 1. The van der Waals surface area contributed by atoms with Crippen molar-refractivity contribution in [1.29, 1.82) is 0 Å². The predicted molar refractivity (Wildman–Crippen MR) is 97.7 cm³/mol. The third-order valence-electron chi connectivity index (χ3n) is 4.35. The number of para-hydroxylation sites is 1. The van der Waals surface area contributed by atoms with E-state index in [0.717, 1.165) is 36.2 Å². The highest BCUT2D eigenvalue weighted by molar-refractivity contribution is 5.98. The number of benzene rings is 1. The number of nitrogens with one attached hydrogen (secondary N) is 2. The number of fused-ring (bicyclic) bond motifs is 1. The molecule has 0 bridgehead atoms. The molecule has 1 aromatic carbocycles. The van der Waals surface area contributed by atoms with Gasteiger partial charge in [-0.1, -0.05) is 18.2 Å². The molecule has 27 heavy (non-hydrogen) atoms. The topological polar surface area (TPSA) is 102 Å². The summed E-state index contributed by atoms with van der Waals surface area (Å²) in [4.78, 5) is 36.0. The quantitative estimate of drug-likeness (QED) is 0.781. The maximum atomic E-state index is 12.6. The van der Waals surface area contributed by atoms with Gasteiger partial charge in [-0.15, -0.1) is 0 Å². The van der Waals surface area contributed by atoms with Gasteiger partial charge in [-0.05, 0) is 45.2 Å². The summed E-state index contributed by atoms with van der Waals surface area (Å²) in [7, 11) is 0. The van der Waals surface area contributed by atoms with E-state index in [0.29, 0.717) is 6.54 Å². The number of nitrogens with zero attached hydrogens (tertiary/aromatic N) is 2. The van der Waals surface area contributed by atoms with Gasteiger partial charge in [0.2, 0.25) is 0 Å². The summed E-state index contributed by atoms with van der Waals surface area (Å²) >= 11 is 0. The van der Waals surface area contributed by atoms with E-state index in [1.54, 1.807) is 11.6 Å². The van der Waals surface area contributed by atoms with Gasteiger partial charge in [0.15, 0.2) is 11.8 Å². The van der Waals surface area contributed by atoms with Crippen molar-refractivity contribution in [3.63, 3.8) is 0 Å². The summed E-state index contributed by atoms with van der Waals surface area (Å²) in [5.41, 5.74) is 2.95. The maximum Gasteiger partial charge on any atom is 0.359 e. The van der Waals surface area contributed by atoms with Gasteiger partial charge in [-0.25, -0.2) is 14.3 Å². The van der Waals surface area contributed by atoms with Gasteiger partial charge in [0, 0.05) is 17.8 Å². The number of rotatable bonds is 5. The highest BCUT2D eigenvalue weighted by Gasteiger charge is 2.30. The lowest BCUT2D eigenvalue weighted by atomic mass is 10.2. The lowest BCUT2D eigenvalue weighted by Gasteiger charge is -2.12. The molecule has 0 saturated heterocycles. The Morgan fingerprint density at radius 2 is 1.96 bits per heavy atom. The summed E-state index contributed by atoms with van der Waals surface area (Å²) in [6.45, 7) is 3.54. The van der Waals surface area contributed by atoms with Crippen molar-refractivity contribution in [3.05, 3.63) is 47.3 Å². The molecule has 1 aromatic heterocycles. The first-order valence-corrected chi connectivity index (χ1v) is 8.97. The number of hydrogen-bond acceptors (Lipinski definition) is 5. The van der Waals surface area contributed by atoms with E-state index < -0.39 is 24.0 Å². The highest BCUT2D eigenvalue weighted by Crippen LogP contribution is 2.28. The van der Waals surface area contributed by atoms with Crippen molar-refractivity contribution >= 4 is 17.9 Å². The van der Waals surface area contributed by atoms with Crippen molar-refractivity contribution in [3.8, 4) is 5.69 Å². The minimum Gasteiger partial charge on any atom is -0.448 e. The second kappa shape index (κ2) is 8.03. The van der Waals surface area contributed by atoms with Crippen LogP contribution in [0, 0.1) is 0 Å². The van der Waals surface area contributed by atoms with Crippen LogP contribution in [0.2, 0.25) is 0 Å². The molecular weight excluding hydrogens is 348 g/mol. The van der Waals surface area contributed by atoms with Crippen molar-refractivity contribution in [1.82, 2.24) is 20.4 Å². The number of aromatic nitrogens is 2.